The molecule has 39 heavy (non-hydrogen) atoms. The molecule has 4 unspecified atom stereocenters. The molecular weight excluding hydrogens is 515 g/mol. The zero-order chi connectivity index (χ0) is 29.2. The van der Waals surface area contributed by atoms with Crippen molar-refractivity contribution in [3.63, 3.8) is 0 Å². The first-order valence-electron chi connectivity index (χ1n) is 16.3. The van der Waals surface area contributed by atoms with Crippen LogP contribution < -0.4 is 0 Å². The maximum Gasteiger partial charge on any atom is 0.183 e. The number of nitrogens with zero attached hydrogens (tertiary/aromatic N) is 3. The SMILES string of the molecule is CC(=NC1C(C)CCCC1C)C(CCCN(CCO[Si](C)(C)C)CCO[Si](C)(C)C)=NC1C(C)CCCC1C. The molecule has 0 heterocycles. The van der Waals surface area contributed by atoms with Crippen LogP contribution >= 0.6 is 0 Å². The summed E-state index contributed by atoms with van der Waals surface area (Å²) in [7, 11) is -3.01. The van der Waals surface area contributed by atoms with E-state index in [1.807, 2.05) is 0 Å². The van der Waals surface area contributed by atoms with E-state index in [4.69, 9.17) is 18.8 Å². The van der Waals surface area contributed by atoms with E-state index < -0.39 is 16.6 Å². The summed E-state index contributed by atoms with van der Waals surface area (Å²) in [6, 6.07) is 0.880. The molecule has 0 saturated heterocycles. The molecule has 0 aromatic carbocycles. The fourth-order valence-corrected chi connectivity index (χ4v) is 7.83. The molecule has 0 aliphatic heterocycles. The van der Waals surface area contributed by atoms with Crippen LogP contribution in [-0.4, -0.2) is 77.9 Å². The van der Waals surface area contributed by atoms with E-state index in [1.54, 1.807) is 0 Å². The Hall–Kier alpha value is -0.346. The second-order valence-electron chi connectivity index (χ2n) is 14.9. The normalized spacial score (nSPS) is 29.7. The molecule has 2 saturated carbocycles. The predicted molar refractivity (Wildman–Crippen MR) is 177 cm³/mol. The molecule has 0 N–H and O–H groups in total. The van der Waals surface area contributed by atoms with Crippen molar-refractivity contribution in [3.8, 4) is 0 Å². The van der Waals surface area contributed by atoms with Gasteiger partial charge in [-0.2, -0.15) is 0 Å². The van der Waals surface area contributed by atoms with Gasteiger partial charge in [-0.3, -0.25) is 14.9 Å². The quantitative estimate of drug-likeness (QED) is 0.145. The topological polar surface area (TPSA) is 46.4 Å². The van der Waals surface area contributed by atoms with Gasteiger partial charge in [0.15, 0.2) is 16.6 Å². The lowest BCUT2D eigenvalue weighted by molar-refractivity contribution is 0.171. The van der Waals surface area contributed by atoms with E-state index in [-0.39, 0.29) is 0 Å². The second kappa shape index (κ2) is 16.3. The highest BCUT2D eigenvalue weighted by molar-refractivity contribution is 6.70. The molecule has 0 spiro atoms. The summed E-state index contributed by atoms with van der Waals surface area (Å²) in [6.45, 7) is 30.2. The van der Waals surface area contributed by atoms with Crippen LogP contribution in [0.4, 0.5) is 0 Å². The molecule has 0 amide bonds. The minimum atomic E-state index is -1.51. The summed E-state index contributed by atoms with van der Waals surface area (Å²) in [5.41, 5.74) is 2.49. The average Bonchev–Trinajstić information content (AvgIpc) is 2.80. The molecule has 2 fully saturated rings. The third kappa shape index (κ3) is 13.5. The first-order valence-corrected chi connectivity index (χ1v) is 23.1. The Balaban J connectivity index is 2.15. The van der Waals surface area contributed by atoms with Gasteiger partial charge in [0.1, 0.15) is 0 Å². The van der Waals surface area contributed by atoms with Gasteiger partial charge in [0.25, 0.3) is 0 Å². The van der Waals surface area contributed by atoms with Crippen molar-refractivity contribution < 1.29 is 8.85 Å². The Labute approximate surface area is 245 Å². The summed E-state index contributed by atoms with van der Waals surface area (Å²) in [5, 5.41) is 0. The van der Waals surface area contributed by atoms with Gasteiger partial charge in [-0.15, -0.1) is 0 Å². The Morgan fingerprint density at radius 2 is 1.08 bits per heavy atom. The molecule has 0 bridgehead atoms. The molecule has 0 radical (unpaired) electrons. The third-order valence-electron chi connectivity index (χ3n) is 8.81. The van der Waals surface area contributed by atoms with Crippen molar-refractivity contribution in [2.75, 3.05) is 32.8 Å². The lowest BCUT2D eigenvalue weighted by atomic mass is 9.78. The minimum absolute atomic E-state index is 0.437. The van der Waals surface area contributed by atoms with Crippen molar-refractivity contribution in [3.05, 3.63) is 0 Å². The monoisotopic (exact) mass is 579 g/mol. The lowest BCUT2D eigenvalue weighted by Crippen LogP contribution is -2.37. The van der Waals surface area contributed by atoms with Crippen LogP contribution in [0.5, 0.6) is 0 Å². The van der Waals surface area contributed by atoms with E-state index in [1.165, 1.54) is 49.9 Å². The van der Waals surface area contributed by atoms with Crippen molar-refractivity contribution >= 4 is 28.1 Å². The smallest absolute Gasteiger partial charge is 0.183 e. The molecule has 228 valence electrons. The molecule has 2 rings (SSSR count). The van der Waals surface area contributed by atoms with E-state index in [0.717, 1.165) is 45.7 Å². The molecule has 2 aliphatic rings. The van der Waals surface area contributed by atoms with E-state index in [9.17, 15) is 0 Å². The summed E-state index contributed by atoms with van der Waals surface area (Å²) < 4.78 is 12.4. The van der Waals surface area contributed by atoms with Crippen LogP contribution in [0.25, 0.3) is 0 Å². The van der Waals surface area contributed by atoms with E-state index in [2.05, 4.69) is 78.8 Å². The van der Waals surface area contributed by atoms with Gasteiger partial charge in [0, 0.05) is 26.3 Å². The van der Waals surface area contributed by atoms with E-state index >= 15 is 0 Å². The van der Waals surface area contributed by atoms with Gasteiger partial charge in [0.05, 0.1) is 23.5 Å². The predicted octanol–water partition coefficient (Wildman–Crippen LogP) is 8.32. The van der Waals surface area contributed by atoms with Crippen molar-refractivity contribution in [2.24, 2.45) is 33.7 Å². The van der Waals surface area contributed by atoms with E-state index in [0.29, 0.717) is 35.8 Å². The Kier molecular flexibility index (Phi) is 14.6. The van der Waals surface area contributed by atoms with Gasteiger partial charge in [0.2, 0.25) is 0 Å². The zero-order valence-electron chi connectivity index (χ0n) is 27.8. The Morgan fingerprint density at radius 3 is 1.49 bits per heavy atom. The summed E-state index contributed by atoms with van der Waals surface area (Å²) in [6.07, 6.45) is 10.1. The molecule has 0 aromatic heterocycles. The van der Waals surface area contributed by atoms with Crippen LogP contribution in [0, 0.1) is 23.7 Å². The van der Waals surface area contributed by atoms with Crippen LogP contribution in [0.2, 0.25) is 39.3 Å². The molecule has 7 heteroatoms. The zero-order valence-corrected chi connectivity index (χ0v) is 29.8. The highest BCUT2D eigenvalue weighted by Crippen LogP contribution is 2.33. The fraction of sp³-hybridized carbons (Fsp3) is 0.938. The first-order chi connectivity index (χ1) is 18.2. The highest BCUT2D eigenvalue weighted by atomic mass is 28.4. The number of aliphatic imine (C=N–C) groups is 2. The first kappa shape index (κ1) is 34.9. The van der Waals surface area contributed by atoms with Gasteiger partial charge in [-0.05, 0) is 115 Å². The summed E-state index contributed by atoms with van der Waals surface area (Å²) in [5.74, 6) is 2.67. The second-order valence-corrected chi connectivity index (χ2v) is 23.9. The van der Waals surface area contributed by atoms with Gasteiger partial charge in [-0.25, -0.2) is 0 Å². The molecule has 4 atom stereocenters. The lowest BCUT2D eigenvalue weighted by Gasteiger charge is -2.34. The molecule has 5 nitrogen and oxygen atoms in total. The highest BCUT2D eigenvalue weighted by Gasteiger charge is 2.30. The Morgan fingerprint density at radius 1 is 0.667 bits per heavy atom. The molecule has 2 aliphatic carbocycles. The summed E-state index contributed by atoms with van der Waals surface area (Å²) >= 11 is 0. The van der Waals surface area contributed by atoms with Crippen LogP contribution in [0.15, 0.2) is 9.98 Å². The Bertz CT molecular complexity index is 734. The molecular formula is C32H65N3O2Si2. The average molecular weight is 580 g/mol. The summed E-state index contributed by atoms with van der Waals surface area (Å²) in [4.78, 5) is 13.5. The van der Waals surface area contributed by atoms with Gasteiger partial charge < -0.3 is 8.85 Å². The van der Waals surface area contributed by atoms with Crippen LogP contribution in [0.3, 0.4) is 0 Å². The minimum Gasteiger partial charge on any atom is -0.416 e. The maximum atomic E-state index is 6.22. The number of hydrogen-bond donors (Lipinski definition) is 0. The van der Waals surface area contributed by atoms with Crippen molar-refractivity contribution in [1.82, 2.24) is 4.90 Å². The largest absolute Gasteiger partial charge is 0.416 e. The third-order valence-corrected chi connectivity index (χ3v) is 10.9. The number of hydrogen-bond acceptors (Lipinski definition) is 5. The maximum absolute atomic E-state index is 6.22. The van der Waals surface area contributed by atoms with Gasteiger partial charge >= 0.3 is 0 Å². The van der Waals surface area contributed by atoms with Gasteiger partial charge in [-0.1, -0.05) is 40.5 Å². The molecule has 0 aromatic rings. The van der Waals surface area contributed by atoms with Crippen molar-refractivity contribution in [2.45, 2.75) is 137 Å². The number of rotatable bonds is 15. The fourth-order valence-electron chi connectivity index (χ4n) is 6.42. The van der Waals surface area contributed by atoms with Crippen molar-refractivity contribution in [1.29, 1.82) is 0 Å². The van der Waals surface area contributed by atoms with Crippen LogP contribution in [0.1, 0.15) is 86.0 Å². The van der Waals surface area contributed by atoms with Crippen LogP contribution in [-0.2, 0) is 8.85 Å². The standard InChI is InChI=1S/C32H65N3O2Si2/c1-25-15-12-16-26(2)31(25)33-29(5)30(34-32-27(3)17-13-18-28(32)4)19-14-20-35(21-23-36-38(6,7)8)22-24-37-39(9,10)11/h25-28,31-32H,12-24H2,1-11H3.